The van der Waals surface area contributed by atoms with E-state index in [0.717, 1.165) is 19.4 Å². The van der Waals surface area contributed by atoms with Crippen LogP contribution in [0.5, 0.6) is 0 Å². The van der Waals surface area contributed by atoms with Gasteiger partial charge in [0.05, 0.1) is 0 Å². The van der Waals surface area contributed by atoms with Gasteiger partial charge >= 0.3 is 0 Å². The molecule has 0 radical (unpaired) electrons. The Labute approximate surface area is 96.0 Å². The van der Waals surface area contributed by atoms with Crippen molar-refractivity contribution in [3.63, 3.8) is 0 Å². The number of fused-ring (bicyclic) bond motifs is 1. The average Bonchev–Trinajstić information content (AvgIpc) is 2.75. The summed E-state index contributed by atoms with van der Waals surface area (Å²) < 4.78 is 0. The van der Waals surface area contributed by atoms with Crippen LogP contribution in [0.3, 0.4) is 0 Å². The molecule has 3 nitrogen and oxygen atoms in total. The number of hydrogen-bond acceptors (Lipinski definition) is 2. The van der Waals surface area contributed by atoms with Crippen molar-refractivity contribution in [2.45, 2.75) is 18.9 Å². The molecule has 0 aliphatic heterocycles. The van der Waals surface area contributed by atoms with Crippen LogP contribution in [0.2, 0.25) is 0 Å². The lowest BCUT2D eigenvalue weighted by molar-refractivity contribution is 0.534. The number of nitrogens with two attached hydrogens (primary N) is 1. The van der Waals surface area contributed by atoms with Crippen molar-refractivity contribution in [2.24, 2.45) is 5.73 Å². The smallest absolute Gasteiger partial charge is 0.0457 e. The molecule has 0 saturated heterocycles. The lowest BCUT2D eigenvalue weighted by atomic mass is 10.0. The number of nitrogens with one attached hydrogen (secondary N) is 2. The van der Waals surface area contributed by atoms with Gasteiger partial charge in [0.2, 0.25) is 0 Å². The summed E-state index contributed by atoms with van der Waals surface area (Å²) in [6.07, 6.45) is 4.22. The first-order chi connectivity index (χ1) is 7.86. The molecule has 1 unspecified atom stereocenters. The number of aromatic amines is 1. The van der Waals surface area contributed by atoms with E-state index in [1.807, 2.05) is 7.05 Å². The number of benzene rings is 1. The van der Waals surface area contributed by atoms with Crippen LogP contribution in [0, 0.1) is 0 Å². The first kappa shape index (κ1) is 11.2. The number of H-pyrrole nitrogens is 1. The second-order valence-electron chi connectivity index (χ2n) is 4.06. The van der Waals surface area contributed by atoms with Gasteiger partial charge in [0.1, 0.15) is 0 Å². The van der Waals surface area contributed by atoms with Gasteiger partial charge in [-0.15, -0.1) is 0 Å². The normalized spacial score (nSPS) is 13.1. The molecule has 1 atom stereocenters. The molecule has 0 saturated carbocycles. The van der Waals surface area contributed by atoms with Crippen LogP contribution in [0.4, 0.5) is 0 Å². The van der Waals surface area contributed by atoms with Crippen LogP contribution < -0.4 is 11.1 Å². The van der Waals surface area contributed by atoms with Crippen molar-refractivity contribution < 1.29 is 0 Å². The van der Waals surface area contributed by atoms with Gasteiger partial charge in [-0.25, -0.2) is 0 Å². The van der Waals surface area contributed by atoms with Crippen molar-refractivity contribution in [1.82, 2.24) is 10.3 Å². The fourth-order valence-corrected chi connectivity index (χ4v) is 2.16. The molecule has 86 valence electrons. The van der Waals surface area contributed by atoms with Crippen molar-refractivity contribution in [3.8, 4) is 0 Å². The predicted octanol–water partition coefficient (Wildman–Crippen LogP) is 2.17. The molecule has 1 heterocycles. The predicted molar refractivity (Wildman–Crippen MR) is 68.4 cm³/mol. The Kier molecular flexibility index (Phi) is 3.59. The maximum absolute atomic E-state index is 5.56. The average molecular weight is 217 g/mol. The summed E-state index contributed by atoms with van der Waals surface area (Å²) in [4.78, 5) is 3.31. The molecule has 2 aromatic rings. The lowest BCUT2D eigenvalue weighted by Gasteiger charge is -2.14. The Morgan fingerprint density at radius 2 is 2.19 bits per heavy atom. The summed E-state index contributed by atoms with van der Waals surface area (Å²) in [6.45, 7) is 0.751. The summed E-state index contributed by atoms with van der Waals surface area (Å²) >= 11 is 0. The van der Waals surface area contributed by atoms with Gasteiger partial charge in [0, 0.05) is 23.1 Å². The molecule has 0 bridgehead atoms. The molecule has 0 fully saturated rings. The molecule has 3 heteroatoms. The number of para-hydroxylation sites is 1. The third-order valence-corrected chi connectivity index (χ3v) is 3.04. The third kappa shape index (κ3) is 2.10. The minimum Gasteiger partial charge on any atom is -0.361 e. The van der Waals surface area contributed by atoms with Crippen molar-refractivity contribution in [2.75, 3.05) is 13.6 Å². The van der Waals surface area contributed by atoms with Crippen LogP contribution in [-0.4, -0.2) is 18.6 Å². The quantitative estimate of drug-likeness (QED) is 0.719. The molecule has 1 aromatic heterocycles. The Hall–Kier alpha value is -1.32. The zero-order valence-corrected chi connectivity index (χ0v) is 9.66. The monoisotopic (exact) mass is 217 g/mol. The van der Waals surface area contributed by atoms with E-state index in [9.17, 15) is 0 Å². The van der Waals surface area contributed by atoms with Gasteiger partial charge in [0.25, 0.3) is 0 Å². The van der Waals surface area contributed by atoms with E-state index in [2.05, 4.69) is 40.8 Å². The van der Waals surface area contributed by atoms with Crippen LogP contribution in [0.15, 0.2) is 30.5 Å². The van der Waals surface area contributed by atoms with E-state index < -0.39 is 0 Å². The van der Waals surface area contributed by atoms with E-state index >= 15 is 0 Å². The van der Waals surface area contributed by atoms with Gasteiger partial charge in [0.15, 0.2) is 0 Å². The molecular formula is C13H19N3. The second kappa shape index (κ2) is 5.14. The van der Waals surface area contributed by atoms with Crippen LogP contribution >= 0.6 is 0 Å². The zero-order valence-electron chi connectivity index (χ0n) is 9.66. The van der Waals surface area contributed by atoms with Gasteiger partial charge < -0.3 is 16.0 Å². The summed E-state index contributed by atoms with van der Waals surface area (Å²) in [7, 11) is 2.00. The van der Waals surface area contributed by atoms with E-state index in [-0.39, 0.29) is 0 Å². The largest absolute Gasteiger partial charge is 0.361 e. The first-order valence-corrected chi connectivity index (χ1v) is 5.80. The maximum atomic E-state index is 5.56. The van der Waals surface area contributed by atoms with E-state index in [0.29, 0.717) is 6.04 Å². The minimum atomic E-state index is 0.389. The Balaban J connectivity index is 2.30. The highest BCUT2D eigenvalue weighted by Crippen LogP contribution is 2.26. The van der Waals surface area contributed by atoms with Gasteiger partial charge in [-0.2, -0.15) is 0 Å². The highest BCUT2D eigenvalue weighted by atomic mass is 14.9. The van der Waals surface area contributed by atoms with Gasteiger partial charge in [-0.3, -0.25) is 0 Å². The van der Waals surface area contributed by atoms with E-state index in [1.165, 1.54) is 16.5 Å². The maximum Gasteiger partial charge on any atom is 0.0457 e. The molecule has 0 spiro atoms. The highest BCUT2D eigenvalue weighted by Gasteiger charge is 2.12. The molecule has 2 rings (SSSR count). The Morgan fingerprint density at radius 3 is 2.94 bits per heavy atom. The minimum absolute atomic E-state index is 0.389. The summed E-state index contributed by atoms with van der Waals surface area (Å²) in [5, 5.41) is 4.66. The molecule has 16 heavy (non-hydrogen) atoms. The Bertz CT molecular complexity index is 447. The van der Waals surface area contributed by atoms with Gasteiger partial charge in [-0.1, -0.05) is 18.2 Å². The topological polar surface area (TPSA) is 53.8 Å². The SMILES string of the molecule is CNC(CCCN)c1c[nH]c2ccccc12. The standard InChI is InChI=1S/C13H19N3/c1-15-12(7-4-8-14)11-9-16-13-6-3-2-5-10(11)13/h2-3,5-6,9,12,15-16H,4,7-8,14H2,1H3. The zero-order chi connectivity index (χ0) is 11.4. The molecule has 0 amide bonds. The number of rotatable bonds is 5. The van der Waals surface area contributed by atoms with Crippen LogP contribution in [-0.2, 0) is 0 Å². The second-order valence-corrected chi connectivity index (χ2v) is 4.06. The fraction of sp³-hybridized carbons (Fsp3) is 0.385. The summed E-state index contributed by atoms with van der Waals surface area (Å²) in [6, 6.07) is 8.79. The fourth-order valence-electron chi connectivity index (χ4n) is 2.16. The Morgan fingerprint density at radius 1 is 1.38 bits per heavy atom. The lowest BCUT2D eigenvalue weighted by Crippen LogP contribution is -2.17. The van der Waals surface area contributed by atoms with Crippen molar-refractivity contribution >= 4 is 10.9 Å². The molecular weight excluding hydrogens is 198 g/mol. The number of aromatic nitrogens is 1. The van der Waals surface area contributed by atoms with Gasteiger partial charge in [-0.05, 0) is 38.1 Å². The van der Waals surface area contributed by atoms with E-state index in [4.69, 9.17) is 5.73 Å². The third-order valence-electron chi connectivity index (χ3n) is 3.04. The molecule has 0 aliphatic rings. The summed E-state index contributed by atoms with van der Waals surface area (Å²) in [5.41, 5.74) is 8.10. The first-order valence-electron chi connectivity index (χ1n) is 5.80. The molecule has 0 aliphatic carbocycles. The highest BCUT2D eigenvalue weighted by molar-refractivity contribution is 5.83. The van der Waals surface area contributed by atoms with Crippen LogP contribution in [0.25, 0.3) is 10.9 Å². The van der Waals surface area contributed by atoms with E-state index in [1.54, 1.807) is 0 Å². The van der Waals surface area contributed by atoms with Crippen molar-refractivity contribution in [1.29, 1.82) is 0 Å². The van der Waals surface area contributed by atoms with Crippen LogP contribution in [0.1, 0.15) is 24.4 Å². The number of hydrogen-bond donors (Lipinski definition) is 3. The summed E-state index contributed by atoms with van der Waals surface area (Å²) in [5.74, 6) is 0. The molecule has 4 N–H and O–H groups in total. The molecule has 1 aromatic carbocycles. The van der Waals surface area contributed by atoms with Crippen molar-refractivity contribution in [3.05, 3.63) is 36.0 Å².